The SMILES string of the molecule is OCc1cn(O)c2ccccc12.[Ac].[Ac]. The van der Waals surface area contributed by atoms with Crippen molar-refractivity contribution in [3.05, 3.63) is 36.0 Å². The van der Waals surface area contributed by atoms with Gasteiger partial charge in [0, 0.05) is 99.1 Å². The van der Waals surface area contributed by atoms with Crippen LogP contribution in [0.4, 0.5) is 0 Å². The molecule has 0 aliphatic heterocycles. The van der Waals surface area contributed by atoms with Gasteiger partial charge < -0.3 is 10.3 Å². The quantitative estimate of drug-likeness (QED) is 0.476. The van der Waals surface area contributed by atoms with E-state index in [-0.39, 0.29) is 94.7 Å². The van der Waals surface area contributed by atoms with Crippen LogP contribution in [-0.4, -0.2) is 15.0 Å². The largest absolute Gasteiger partial charge is 0.428 e. The fraction of sp³-hybridized carbons (Fsp3) is 0.111. The van der Waals surface area contributed by atoms with Crippen molar-refractivity contribution in [2.24, 2.45) is 0 Å². The van der Waals surface area contributed by atoms with Crippen LogP contribution in [0, 0.1) is 88.1 Å². The van der Waals surface area contributed by atoms with Crippen molar-refractivity contribution in [1.29, 1.82) is 0 Å². The van der Waals surface area contributed by atoms with Gasteiger partial charge in [0.1, 0.15) is 0 Å². The molecule has 2 rings (SSSR count). The van der Waals surface area contributed by atoms with Crippen LogP contribution in [0.3, 0.4) is 0 Å². The van der Waals surface area contributed by atoms with Gasteiger partial charge in [-0.2, -0.15) is 4.73 Å². The third kappa shape index (κ3) is 2.96. The molecule has 0 bridgehead atoms. The van der Waals surface area contributed by atoms with Crippen molar-refractivity contribution in [3.63, 3.8) is 0 Å². The smallest absolute Gasteiger partial charge is 0.0869 e. The minimum absolute atomic E-state index is 0. The van der Waals surface area contributed by atoms with Crippen LogP contribution >= 0.6 is 0 Å². The maximum atomic E-state index is 9.33. The molecule has 2 radical (unpaired) electrons. The van der Waals surface area contributed by atoms with Gasteiger partial charge in [-0.3, -0.25) is 0 Å². The molecule has 0 unspecified atom stereocenters. The van der Waals surface area contributed by atoms with Gasteiger partial charge >= 0.3 is 0 Å². The molecule has 3 nitrogen and oxygen atoms in total. The molecule has 0 fully saturated rings. The standard InChI is InChI=1S/C9H9NO2.2Ac/c11-6-7-5-10(12)9-4-2-1-3-8(7)9;;/h1-5,11-12H,6H2;;. The molecule has 0 spiro atoms. The van der Waals surface area contributed by atoms with Gasteiger partial charge in [-0.1, -0.05) is 18.2 Å². The van der Waals surface area contributed by atoms with E-state index < -0.39 is 0 Å². The summed E-state index contributed by atoms with van der Waals surface area (Å²) in [5.74, 6) is 0. The molecule has 0 saturated carbocycles. The van der Waals surface area contributed by atoms with Gasteiger partial charge in [0.05, 0.1) is 18.3 Å². The Morgan fingerprint density at radius 3 is 2.43 bits per heavy atom. The van der Waals surface area contributed by atoms with E-state index in [1.165, 1.54) is 6.20 Å². The van der Waals surface area contributed by atoms with Gasteiger partial charge in [0.15, 0.2) is 0 Å². The number of aliphatic hydroxyl groups excluding tert-OH is 1. The molecule has 0 aliphatic carbocycles. The van der Waals surface area contributed by atoms with Crippen molar-refractivity contribution >= 4 is 10.9 Å². The van der Waals surface area contributed by atoms with E-state index in [0.29, 0.717) is 0 Å². The molecule has 0 amide bonds. The van der Waals surface area contributed by atoms with Crippen molar-refractivity contribution in [3.8, 4) is 0 Å². The zero-order valence-corrected chi connectivity index (χ0v) is 17.1. The van der Waals surface area contributed by atoms with E-state index >= 15 is 0 Å². The second-order valence-corrected chi connectivity index (χ2v) is 2.67. The van der Waals surface area contributed by atoms with E-state index in [0.717, 1.165) is 21.2 Å². The molecule has 2 N–H and O–H groups in total. The van der Waals surface area contributed by atoms with Crippen LogP contribution in [0.15, 0.2) is 30.5 Å². The number of hydrogen-bond acceptors (Lipinski definition) is 2. The third-order valence-electron chi connectivity index (χ3n) is 1.95. The van der Waals surface area contributed by atoms with Crippen molar-refractivity contribution in [2.75, 3.05) is 0 Å². The molecule has 0 aliphatic rings. The Bertz CT molecular complexity index is 414. The molecule has 0 saturated heterocycles. The summed E-state index contributed by atoms with van der Waals surface area (Å²) in [5, 5.41) is 19.1. The summed E-state index contributed by atoms with van der Waals surface area (Å²) in [6, 6.07) is 7.39. The summed E-state index contributed by atoms with van der Waals surface area (Å²) in [7, 11) is 0. The summed E-state index contributed by atoms with van der Waals surface area (Å²) < 4.78 is 1.03. The maximum Gasteiger partial charge on any atom is 0.0869 e. The Hall–Kier alpha value is 1.40. The minimum Gasteiger partial charge on any atom is -0.428 e. The fourth-order valence-corrected chi connectivity index (χ4v) is 1.36. The molecule has 0 atom stereocenters. The van der Waals surface area contributed by atoms with Crippen LogP contribution in [0.1, 0.15) is 5.56 Å². The first-order valence-electron chi connectivity index (χ1n) is 3.72. The van der Waals surface area contributed by atoms with Gasteiger partial charge in [-0.05, 0) is 6.07 Å². The van der Waals surface area contributed by atoms with Gasteiger partial charge in [0.25, 0.3) is 0 Å². The van der Waals surface area contributed by atoms with E-state index in [1.807, 2.05) is 18.2 Å². The number of rotatable bonds is 1. The van der Waals surface area contributed by atoms with E-state index in [9.17, 15) is 5.21 Å². The third-order valence-corrected chi connectivity index (χ3v) is 1.95. The predicted octanol–water partition coefficient (Wildman–Crippen LogP) is 1.37. The van der Waals surface area contributed by atoms with Gasteiger partial charge in [0.2, 0.25) is 0 Å². The fourth-order valence-electron chi connectivity index (χ4n) is 1.36. The van der Waals surface area contributed by atoms with Gasteiger partial charge in [-0.15, -0.1) is 0 Å². The monoisotopic (exact) mass is 617 g/mol. The summed E-state index contributed by atoms with van der Waals surface area (Å²) in [6.07, 6.45) is 1.52. The molecule has 5 heteroatoms. The number of aliphatic hydroxyl groups is 1. The number of aromatic nitrogens is 1. The van der Waals surface area contributed by atoms with Crippen molar-refractivity contribution < 1.29 is 98.4 Å². The summed E-state index contributed by atoms with van der Waals surface area (Å²) >= 11 is 0. The first-order chi connectivity index (χ1) is 5.83. The minimum atomic E-state index is -0.0475. The number of hydrogen-bond donors (Lipinski definition) is 2. The molecular weight excluding hydrogens is 608 g/mol. The Morgan fingerprint density at radius 1 is 1.14 bits per heavy atom. The van der Waals surface area contributed by atoms with Crippen LogP contribution in [-0.2, 0) is 6.61 Å². The van der Waals surface area contributed by atoms with E-state index in [2.05, 4.69) is 0 Å². The molecule has 68 valence electrons. The zero-order chi connectivity index (χ0) is 8.55. The zero-order valence-electron chi connectivity index (χ0n) is 7.59. The second-order valence-electron chi connectivity index (χ2n) is 2.67. The predicted molar refractivity (Wildman–Crippen MR) is 45.0 cm³/mol. The van der Waals surface area contributed by atoms with E-state index in [1.54, 1.807) is 6.07 Å². The first kappa shape index (κ1) is 15.4. The van der Waals surface area contributed by atoms with Crippen LogP contribution < -0.4 is 0 Å². The average Bonchev–Trinajstić information content (AvgIpc) is 2.44. The number of nitrogens with zero attached hydrogens (tertiary/aromatic N) is 1. The molecule has 14 heavy (non-hydrogen) atoms. The average molecular weight is 617 g/mol. The normalized spacial score (nSPS) is 9.21. The van der Waals surface area contributed by atoms with Crippen LogP contribution in [0.2, 0.25) is 0 Å². The summed E-state index contributed by atoms with van der Waals surface area (Å²) in [4.78, 5) is 0. The maximum absolute atomic E-state index is 9.33. The summed E-state index contributed by atoms with van der Waals surface area (Å²) in [5.41, 5.74) is 1.47. The number of fused-ring (bicyclic) bond motifs is 1. The van der Waals surface area contributed by atoms with Crippen LogP contribution in [0.5, 0.6) is 0 Å². The summed E-state index contributed by atoms with van der Waals surface area (Å²) in [6.45, 7) is -0.0475. The van der Waals surface area contributed by atoms with Crippen molar-refractivity contribution in [2.45, 2.75) is 6.61 Å². The second kappa shape index (κ2) is 6.87. The molecule has 1 aromatic heterocycles. The molecule has 1 heterocycles. The Morgan fingerprint density at radius 2 is 1.79 bits per heavy atom. The van der Waals surface area contributed by atoms with Crippen LogP contribution in [0.25, 0.3) is 10.9 Å². The topological polar surface area (TPSA) is 45.4 Å². The first-order valence-corrected chi connectivity index (χ1v) is 3.72. The van der Waals surface area contributed by atoms with E-state index in [4.69, 9.17) is 5.11 Å². The Kier molecular flexibility index (Phi) is 7.56. The number of benzene rings is 1. The Labute approximate surface area is 154 Å². The molecule has 2 aromatic rings. The van der Waals surface area contributed by atoms with Gasteiger partial charge in [-0.25, -0.2) is 0 Å². The molecule has 1 aromatic carbocycles. The molecular formula is C9H9Ac2NO2. The van der Waals surface area contributed by atoms with Crippen molar-refractivity contribution in [1.82, 2.24) is 4.73 Å². The Balaban J connectivity index is 0.000000845. The number of para-hydroxylation sites is 1.